The number of aryl methyl sites for hydroxylation is 2. The topological polar surface area (TPSA) is 93.7 Å². The third-order valence-corrected chi connectivity index (χ3v) is 4.30. The number of hydrogen-bond acceptors (Lipinski definition) is 5. The molecule has 2 N–H and O–H groups in total. The molecule has 29 heavy (non-hydrogen) atoms. The summed E-state index contributed by atoms with van der Waals surface area (Å²) >= 11 is 0. The molecule has 1 atom stereocenters. The Labute approximate surface area is 170 Å². The van der Waals surface area contributed by atoms with Crippen LogP contribution in [0.15, 0.2) is 42.5 Å². The van der Waals surface area contributed by atoms with E-state index in [4.69, 9.17) is 9.47 Å². The van der Waals surface area contributed by atoms with Gasteiger partial charge in [0.05, 0.1) is 6.54 Å². The predicted octanol–water partition coefficient (Wildman–Crippen LogP) is 2.68. The molecule has 0 spiro atoms. The summed E-state index contributed by atoms with van der Waals surface area (Å²) in [6.45, 7) is 6.60. The van der Waals surface area contributed by atoms with Gasteiger partial charge >= 0.3 is 5.97 Å². The lowest BCUT2D eigenvalue weighted by molar-refractivity contribution is -0.154. The largest absolute Gasteiger partial charge is 0.479 e. The van der Waals surface area contributed by atoms with Crippen molar-refractivity contribution in [1.29, 1.82) is 0 Å². The molecule has 154 valence electrons. The van der Waals surface area contributed by atoms with Gasteiger partial charge in [-0.25, -0.2) is 4.79 Å². The Morgan fingerprint density at radius 2 is 1.72 bits per heavy atom. The van der Waals surface area contributed by atoms with Crippen LogP contribution >= 0.6 is 0 Å². The van der Waals surface area contributed by atoms with Crippen molar-refractivity contribution in [2.24, 2.45) is 0 Å². The molecule has 0 saturated heterocycles. The lowest BCUT2D eigenvalue weighted by Gasteiger charge is -2.14. The highest BCUT2D eigenvalue weighted by molar-refractivity contribution is 5.95. The highest BCUT2D eigenvalue weighted by Crippen LogP contribution is 2.17. The summed E-state index contributed by atoms with van der Waals surface area (Å²) in [6, 6.07) is 12.8. The van der Waals surface area contributed by atoms with Gasteiger partial charge in [0, 0.05) is 5.69 Å². The molecule has 0 aliphatic rings. The summed E-state index contributed by atoms with van der Waals surface area (Å²) in [7, 11) is 0. The van der Waals surface area contributed by atoms with Crippen LogP contribution in [0, 0.1) is 20.8 Å². The van der Waals surface area contributed by atoms with E-state index in [2.05, 4.69) is 10.6 Å². The fourth-order valence-corrected chi connectivity index (χ4v) is 2.51. The van der Waals surface area contributed by atoms with Gasteiger partial charge in [0.1, 0.15) is 5.75 Å². The average molecular weight is 398 g/mol. The Balaban J connectivity index is 1.72. The van der Waals surface area contributed by atoms with E-state index in [-0.39, 0.29) is 12.5 Å². The summed E-state index contributed by atoms with van der Waals surface area (Å²) < 4.78 is 10.5. The van der Waals surface area contributed by atoms with Gasteiger partial charge in [0.2, 0.25) is 5.91 Å². The molecule has 0 radical (unpaired) electrons. The van der Waals surface area contributed by atoms with Crippen LogP contribution in [0.5, 0.6) is 5.75 Å². The van der Waals surface area contributed by atoms with Gasteiger partial charge in [-0.15, -0.1) is 0 Å². The fourth-order valence-electron chi connectivity index (χ4n) is 2.51. The van der Waals surface area contributed by atoms with E-state index in [0.717, 1.165) is 16.7 Å². The van der Waals surface area contributed by atoms with Crippen LogP contribution in [0.25, 0.3) is 0 Å². The van der Waals surface area contributed by atoms with Crippen molar-refractivity contribution in [3.63, 3.8) is 0 Å². The molecule has 2 amide bonds. The Hall–Kier alpha value is -3.35. The smallest absolute Gasteiger partial charge is 0.347 e. The molecule has 0 aliphatic heterocycles. The van der Waals surface area contributed by atoms with Crippen LogP contribution < -0.4 is 15.4 Å². The van der Waals surface area contributed by atoms with E-state index in [1.165, 1.54) is 0 Å². The number of hydrogen-bond donors (Lipinski definition) is 2. The lowest BCUT2D eigenvalue weighted by Crippen LogP contribution is -2.37. The fraction of sp³-hybridized carbons (Fsp3) is 0.318. The quantitative estimate of drug-likeness (QED) is 0.667. The van der Waals surface area contributed by atoms with Gasteiger partial charge in [0.25, 0.3) is 5.91 Å². The Morgan fingerprint density at radius 3 is 2.45 bits per heavy atom. The number of rotatable bonds is 8. The second kappa shape index (κ2) is 10.3. The highest BCUT2D eigenvalue weighted by atomic mass is 16.6. The summed E-state index contributed by atoms with van der Waals surface area (Å²) in [6.07, 6.45) is -0.864. The third-order valence-electron chi connectivity index (χ3n) is 4.30. The van der Waals surface area contributed by atoms with Crippen molar-refractivity contribution in [1.82, 2.24) is 5.32 Å². The van der Waals surface area contributed by atoms with Gasteiger partial charge in [-0.3, -0.25) is 9.59 Å². The number of esters is 1. The number of nitrogens with one attached hydrogen (secondary N) is 2. The predicted molar refractivity (Wildman–Crippen MR) is 110 cm³/mol. The number of amides is 2. The van der Waals surface area contributed by atoms with Crippen molar-refractivity contribution in [2.75, 3.05) is 18.5 Å². The Morgan fingerprint density at radius 1 is 1.00 bits per heavy atom. The van der Waals surface area contributed by atoms with Crippen LogP contribution in [0.1, 0.15) is 23.6 Å². The first-order valence-corrected chi connectivity index (χ1v) is 9.29. The van der Waals surface area contributed by atoms with Gasteiger partial charge in [0.15, 0.2) is 12.7 Å². The second-order valence-corrected chi connectivity index (χ2v) is 6.76. The Kier molecular flexibility index (Phi) is 7.77. The third kappa shape index (κ3) is 6.95. The minimum Gasteiger partial charge on any atom is -0.479 e. The van der Waals surface area contributed by atoms with Crippen LogP contribution in [0.2, 0.25) is 0 Å². The number of benzene rings is 2. The van der Waals surface area contributed by atoms with Crippen molar-refractivity contribution < 1.29 is 23.9 Å². The van der Waals surface area contributed by atoms with Crippen molar-refractivity contribution in [3.05, 3.63) is 59.2 Å². The van der Waals surface area contributed by atoms with Crippen molar-refractivity contribution in [2.45, 2.75) is 33.8 Å². The molecule has 0 bridgehead atoms. The van der Waals surface area contributed by atoms with Gasteiger partial charge in [-0.1, -0.05) is 24.3 Å². The van der Waals surface area contributed by atoms with Gasteiger partial charge in [-0.2, -0.15) is 0 Å². The van der Waals surface area contributed by atoms with Gasteiger partial charge < -0.3 is 20.1 Å². The molecule has 2 aromatic rings. The first kappa shape index (κ1) is 21.9. The molecular formula is C22H26N2O5. The number of carbonyl (C=O) groups is 3. The standard InChI is InChI=1S/C22H26N2O5/c1-14-7-5-9-18(11-14)29-17(4)22(27)28-13-21(26)23-12-20(25)24-19-10-6-8-15(2)16(19)3/h5-11,17H,12-13H2,1-4H3,(H,23,26)(H,24,25)/t17-/m0/s1. The van der Waals surface area contributed by atoms with Gasteiger partial charge in [-0.05, 0) is 62.6 Å². The monoisotopic (exact) mass is 398 g/mol. The van der Waals surface area contributed by atoms with E-state index >= 15 is 0 Å². The molecule has 2 aromatic carbocycles. The molecule has 0 aromatic heterocycles. The zero-order chi connectivity index (χ0) is 21.4. The molecule has 0 saturated carbocycles. The average Bonchev–Trinajstić information content (AvgIpc) is 2.68. The first-order valence-electron chi connectivity index (χ1n) is 9.29. The lowest BCUT2D eigenvalue weighted by atomic mass is 10.1. The molecule has 2 rings (SSSR count). The van der Waals surface area contributed by atoms with Crippen LogP contribution in [-0.2, 0) is 19.1 Å². The molecule has 0 fully saturated rings. The van der Waals surface area contributed by atoms with E-state index in [9.17, 15) is 14.4 Å². The molecule has 0 unspecified atom stereocenters. The maximum Gasteiger partial charge on any atom is 0.347 e. The zero-order valence-corrected chi connectivity index (χ0v) is 17.1. The summed E-state index contributed by atoms with van der Waals surface area (Å²) in [5.74, 6) is -1.06. The molecule has 7 nitrogen and oxygen atoms in total. The van der Waals surface area contributed by atoms with E-state index < -0.39 is 24.6 Å². The summed E-state index contributed by atoms with van der Waals surface area (Å²) in [5, 5.41) is 5.16. The minimum absolute atomic E-state index is 0.223. The summed E-state index contributed by atoms with van der Waals surface area (Å²) in [5.41, 5.74) is 3.71. The molecule has 0 heterocycles. The number of carbonyl (C=O) groups excluding carboxylic acids is 3. The number of ether oxygens (including phenoxy) is 2. The Bertz CT molecular complexity index is 895. The normalized spacial score (nSPS) is 11.3. The first-order chi connectivity index (χ1) is 13.8. The molecule has 7 heteroatoms. The maximum atomic E-state index is 12.0. The minimum atomic E-state index is -0.864. The van der Waals surface area contributed by atoms with Crippen molar-refractivity contribution >= 4 is 23.5 Å². The maximum absolute atomic E-state index is 12.0. The highest BCUT2D eigenvalue weighted by Gasteiger charge is 2.18. The zero-order valence-electron chi connectivity index (χ0n) is 17.1. The van der Waals surface area contributed by atoms with Crippen LogP contribution in [0.4, 0.5) is 5.69 Å². The van der Waals surface area contributed by atoms with E-state index in [0.29, 0.717) is 11.4 Å². The number of anilines is 1. The van der Waals surface area contributed by atoms with Crippen LogP contribution in [0.3, 0.4) is 0 Å². The summed E-state index contributed by atoms with van der Waals surface area (Å²) in [4.78, 5) is 35.8. The van der Waals surface area contributed by atoms with E-state index in [1.807, 2.05) is 45.0 Å². The molecular weight excluding hydrogens is 372 g/mol. The van der Waals surface area contributed by atoms with Crippen molar-refractivity contribution in [3.8, 4) is 5.75 Å². The molecule has 0 aliphatic carbocycles. The SMILES string of the molecule is Cc1cccc(O[C@@H](C)C(=O)OCC(=O)NCC(=O)Nc2cccc(C)c2C)c1. The van der Waals surface area contributed by atoms with Crippen LogP contribution in [-0.4, -0.2) is 37.0 Å². The van der Waals surface area contributed by atoms with E-state index in [1.54, 1.807) is 25.1 Å². The second-order valence-electron chi connectivity index (χ2n) is 6.76.